The summed E-state index contributed by atoms with van der Waals surface area (Å²) in [6, 6.07) is 11.4. The van der Waals surface area contributed by atoms with Crippen molar-refractivity contribution in [3.05, 3.63) is 58.5 Å². The lowest BCUT2D eigenvalue weighted by Crippen LogP contribution is -2.44. The van der Waals surface area contributed by atoms with Crippen LogP contribution in [-0.2, 0) is 16.1 Å². The molecule has 2 aromatic rings. The first-order valence-electron chi connectivity index (χ1n) is 10.4. The van der Waals surface area contributed by atoms with Crippen molar-refractivity contribution >= 4 is 11.6 Å². The summed E-state index contributed by atoms with van der Waals surface area (Å²) < 4.78 is 6.76. The van der Waals surface area contributed by atoms with Crippen LogP contribution in [0.4, 0.5) is 5.69 Å². The number of amides is 1. The third kappa shape index (κ3) is 6.15. The van der Waals surface area contributed by atoms with E-state index in [-0.39, 0.29) is 17.4 Å². The number of aromatic nitrogens is 2. The molecule has 1 saturated heterocycles. The molecule has 0 saturated carbocycles. The summed E-state index contributed by atoms with van der Waals surface area (Å²) in [5.74, 6) is 0.0131. The predicted octanol–water partition coefficient (Wildman–Crippen LogP) is 2.05. The summed E-state index contributed by atoms with van der Waals surface area (Å²) >= 11 is 0. The highest BCUT2D eigenvalue weighted by molar-refractivity contribution is 5.79. The minimum Gasteiger partial charge on any atom is -0.382 e. The van der Waals surface area contributed by atoms with Gasteiger partial charge in [-0.3, -0.25) is 9.59 Å². The smallest absolute Gasteiger partial charge is 0.269 e. The van der Waals surface area contributed by atoms with Gasteiger partial charge in [0.25, 0.3) is 5.56 Å². The van der Waals surface area contributed by atoms with Crippen molar-refractivity contribution in [2.75, 3.05) is 37.7 Å². The van der Waals surface area contributed by atoms with Crippen LogP contribution in [0.5, 0.6) is 0 Å². The number of piperidine rings is 1. The van der Waals surface area contributed by atoms with Crippen LogP contribution in [0.25, 0.3) is 0 Å². The molecular weight excluding hydrogens is 368 g/mol. The number of hydrogen-bond donors (Lipinski definition) is 1. The highest BCUT2D eigenvalue weighted by atomic mass is 16.5. The highest BCUT2D eigenvalue weighted by Crippen LogP contribution is 2.21. The molecule has 1 fully saturated rings. The summed E-state index contributed by atoms with van der Waals surface area (Å²) in [6.07, 6.45) is 4.34. The molecule has 3 rings (SSSR count). The molecule has 1 N–H and O–H groups in total. The number of ether oxygens (including phenoxy) is 1. The largest absolute Gasteiger partial charge is 0.382 e. The van der Waals surface area contributed by atoms with Crippen molar-refractivity contribution in [3.63, 3.8) is 0 Å². The SMILES string of the molecule is CCOCCCNC(=O)[C@H]1CCCN(c2cnn(Cc3ccccc3)c(=O)c2)C1. The molecule has 7 nitrogen and oxygen atoms in total. The van der Waals surface area contributed by atoms with E-state index in [4.69, 9.17) is 4.74 Å². The molecule has 1 aliphatic rings. The first-order valence-corrected chi connectivity index (χ1v) is 10.4. The Morgan fingerprint density at radius 3 is 2.90 bits per heavy atom. The Morgan fingerprint density at radius 1 is 1.31 bits per heavy atom. The number of hydrogen-bond acceptors (Lipinski definition) is 5. The Bertz CT molecular complexity index is 837. The lowest BCUT2D eigenvalue weighted by molar-refractivity contribution is -0.125. The van der Waals surface area contributed by atoms with Gasteiger partial charge in [0, 0.05) is 38.9 Å². The molecule has 1 aromatic carbocycles. The van der Waals surface area contributed by atoms with E-state index in [1.54, 1.807) is 12.3 Å². The van der Waals surface area contributed by atoms with Crippen molar-refractivity contribution in [2.24, 2.45) is 5.92 Å². The highest BCUT2D eigenvalue weighted by Gasteiger charge is 2.26. The number of nitrogens with one attached hydrogen (secondary N) is 1. The third-order valence-electron chi connectivity index (χ3n) is 5.16. The van der Waals surface area contributed by atoms with Crippen molar-refractivity contribution in [1.82, 2.24) is 15.1 Å². The maximum absolute atomic E-state index is 12.5. The summed E-state index contributed by atoms with van der Waals surface area (Å²) in [5, 5.41) is 7.35. The molecule has 7 heteroatoms. The van der Waals surface area contributed by atoms with Gasteiger partial charge in [-0.15, -0.1) is 0 Å². The first-order chi connectivity index (χ1) is 14.2. The maximum Gasteiger partial charge on any atom is 0.269 e. The van der Waals surface area contributed by atoms with Gasteiger partial charge in [0.05, 0.1) is 24.3 Å². The monoisotopic (exact) mass is 398 g/mol. The zero-order valence-corrected chi connectivity index (χ0v) is 17.0. The van der Waals surface area contributed by atoms with Crippen LogP contribution < -0.4 is 15.8 Å². The zero-order chi connectivity index (χ0) is 20.5. The Balaban J connectivity index is 1.56. The molecule has 0 unspecified atom stereocenters. The summed E-state index contributed by atoms with van der Waals surface area (Å²) in [4.78, 5) is 27.1. The van der Waals surface area contributed by atoms with Gasteiger partial charge in [0.1, 0.15) is 0 Å². The molecule has 156 valence electrons. The number of carbonyl (C=O) groups excluding carboxylic acids is 1. The van der Waals surface area contributed by atoms with Gasteiger partial charge < -0.3 is 15.0 Å². The fourth-order valence-corrected chi connectivity index (χ4v) is 3.57. The van der Waals surface area contributed by atoms with Crippen molar-refractivity contribution in [3.8, 4) is 0 Å². The molecule has 2 heterocycles. The van der Waals surface area contributed by atoms with E-state index in [0.717, 1.165) is 37.1 Å². The maximum atomic E-state index is 12.5. The van der Waals surface area contributed by atoms with Gasteiger partial charge in [-0.2, -0.15) is 5.10 Å². The molecule has 0 bridgehead atoms. The number of anilines is 1. The van der Waals surface area contributed by atoms with E-state index in [1.165, 1.54) is 4.68 Å². The fourth-order valence-electron chi connectivity index (χ4n) is 3.57. The standard InChI is InChI=1S/C22H30N4O3/c1-2-29-13-7-11-23-22(28)19-10-6-12-25(17-19)20-14-21(27)26(24-15-20)16-18-8-4-3-5-9-18/h3-5,8-9,14-15,19H,2,6-7,10-13,16-17H2,1H3,(H,23,28)/t19-/m0/s1. The van der Waals surface area contributed by atoms with Gasteiger partial charge >= 0.3 is 0 Å². The molecule has 1 aliphatic heterocycles. The van der Waals surface area contributed by atoms with Crippen LogP contribution in [0.3, 0.4) is 0 Å². The molecular formula is C22H30N4O3. The number of benzene rings is 1. The molecule has 0 spiro atoms. The van der Waals surface area contributed by atoms with Gasteiger partial charge in [-0.1, -0.05) is 30.3 Å². The lowest BCUT2D eigenvalue weighted by atomic mass is 9.97. The van der Waals surface area contributed by atoms with E-state index in [1.807, 2.05) is 37.3 Å². The summed E-state index contributed by atoms with van der Waals surface area (Å²) in [7, 11) is 0. The Labute approximate surface area is 171 Å². The second kappa shape index (κ2) is 10.8. The van der Waals surface area contributed by atoms with Crippen LogP contribution >= 0.6 is 0 Å². The number of carbonyl (C=O) groups is 1. The van der Waals surface area contributed by atoms with Crippen LogP contribution in [0.15, 0.2) is 47.4 Å². The van der Waals surface area contributed by atoms with Crippen LogP contribution in [0.1, 0.15) is 31.7 Å². The Morgan fingerprint density at radius 2 is 2.14 bits per heavy atom. The normalized spacial score (nSPS) is 16.6. The van der Waals surface area contributed by atoms with Crippen molar-refractivity contribution < 1.29 is 9.53 Å². The second-order valence-corrected chi connectivity index (χ2v) is 7.32. The third-order valence-corrected chi connectivity index (χ3v) is 5.16. The van der Waals surface area contributed by atoms with Crippen molar-refractivity contribution in [2.45, 2.75) is 32.7 Å². The van der Waals surface area contributed by atoms with Gasteiger partial charge in [-0.05, 0) is 31.7 Å². The summed E-state index contributed by atoms with van der Waals surface area (Å²) in [6.45, 7) is 5.85. The molecule has 1 atom stereocenters. The van der Waals surface area contributed by atoms with E-state index in [0.29, 0.717) is 32.8 Å². The second-order valence-electron chi connectivity index (χ2n) is 7.32. The molecule has 29 heavy (non-hydrogen) atoms. The fraction of sp³-hybridized carbons (Fsp3) is 0.500. The molecule has 1 amide bonds. The minimum atomic E-state index is -0.131. The van der Waals surface area contributed by atoms with E-state index < -0.39 is 0 Å². The van der Waals surface area contributed by atoms with Crippen LogP contribution in [0, 0.1) is 5.92 Å². The van der Waals surface area contributed by atoms with Crippen LogP contribution in [-0.4, -0.2) is 48.5 Å². The summed E-state index contributed by atoms with van der Waals surface area (Å²) in [5.41, 5.74) is 1.69. The number of nitrogens with zero attached hydrogens (tertiary/aromatic N) is 3. The number of rotatable bonds is 9. The topological polar surface area (TPSA) is 76.5 Å². The molecule has 0 radical (unpaired) electrons. The molecule has 1 aromatic heterocycles. The van der Waals surface area contributed by atoms with E-state index in [2.05, 4.69) is 15.3 Å². The van der Waals surface area contributed by atoms with Crippen LogP contribution in [0.2, 0.25) is 0 Å². The van der Waals surface area contributed by atoms with Gasteiger partial charge in [-0.25, -0.2) is 4.68 Å². The van der Waals surface area contributed by atoms with Crippen molar-refractivity contribution in [1.29, 1.82) is 0 Å². The van der Waals surface area contributed by atoms with Gasteiger partial charge in [0.2, 0.25) is 5.91 Å². The molecule has 0 aliphatic carbocycles. The predicted molar refractivity (Wildman–Crippen MR) is 113 cm³/mol. The first kappa shape index (κ1) is 21.0. The minimum absolute atomic E-state index is 0.0670. The quantitative estimate of drug-likeness (QED) is 0.654. The van der Waals surface area contributed by atoms with Gasteiger partial charge in [0.15, 0.2) is 0 Å². The van der Waals surface area contributed by atoms with E-state index in [9.17, 15) is 9.59 Å². The Kier molecular flexibility index (Phi) is 7.81. The zero-order valence-electron chi connectivity index (χ0n) is 17.0. The average Bonchev–Trinajstić information content (AvgIpc) is 2.76. The average molecular weight is 399 g/mol. The Hall–Kier alpha value is -2.67. The van der Waals surface area contributed by atoms with E-state index >= 15 is 0 Å². The lowest BCUT2D eigenvalue weighted by Gasteiger charge is -2.33.